The van der Waals surface area contributed by atoms with Crippen LogP contribution in [0.3, 0.4) is 0 Å². The van der Waals surface area contributed by atoms with E-state index in [0.717, 1.165) is 23.2 Å². The lowest BCUT2D eigenvalue weighted by Crippen LogP contribution is -2.23. The van der Waals surface area contributed by atoms with Gasteiger partial charge < -0.3 is 5.32 Å². The van der Waals surface area contributed by atoms with Gasteiger partial charge in [-0.3, -0.25) is 14.2 Å². The number of anilines is 1. The Hall–Kier alpha value is -3.09. The molecule has 0 aliphatic carbocycles. The topological polar surface area (TPSA) is 64.0 Å². The Kier molecular flexibility index (Phi) is 6.63. The zero-order valence-corrected chi connectivity index (χ0v) is 19.3. The Balaban J connectivity index is 1.67. The number of carbonyl (C=O) groups is 1. The van der Waals surface area contributed by atoms with E-state index in [1.165, 1.54) is 16.3 Å². The lowest BCUT2D eigenvalue weighted by atomic mass is 10.1. The van der Waals surface area contributed by atoms with Crippen molar-refractivity contribution < 1.29 is 4.79 Å². The third kappa shape index (κ3) is 4.56. The number of benzene rings is 3. The summed E-state index contributed by atoms with van der Waals surface area (Å²) < 4.78 is 1.53. The molecule has 7 heteroatoms. The molecule has 0 bridgehead atoms. The molecule has 0 saturated carbocycles. The molecular formula is C25H22ClN3O2S. The number of nitrogens with zero attached hydrogens (tertiary/aromatic N) is 2. The van der Waals surface area contributed by atoms with Gasteiger partial charge in [0.25, 0.3) is 5.56 Å². The van der Waals surface area contributed by atoms with E-state index in [2.05, 4.69) is 17.2 Å². The molecule has 0 unspecified atom stereocenters. The summed E-state index contributed by atoms with van der Waals surface area (Å²) in [6, 6.07) is 20.2. The minimum absolute atomic E-state index is 0.121. The van der Waals surface area contributed by atoms with Crippen LogP contribution in [0.25, 0.3) is 16.6 Å². The van der Waals surface area contributed by atoms with E-state index >= 15 is 0 Å². The number of nitrogens with one attached hydrogen (secondary N) is 1. The highest BCUT2D eigenvalue weighted by Crippen LogP contribution is 2.24. The van der Waals surface area contributed by atoms with Gasteiger partial charge in [-0.2, -0.15) is 0 Å². The zero-order chi connectivity index (χ0) is 22.7. The molecule has 0 spiro atoms. The van der Waals surface area contributed by atoms with Gasteiger partial charge in [-0.05, 0) is 60.9 Å². The predicted molar refractivity (Wildman–Crippen MR) is 132 cm³/mol. The van der Waals surface area contributed by atoms with Gasteiger partial charge >= 0.3 is 0 Å². The van der Waals surface area contributed by atoms with Crippen LogP contribution in [0.4, 0.5) is 5.69 Å². The van der Waals surface area contributed by atoms with Crippen molar-refractivity contribution >= 4 is 45.9 Å². The first-order chi connectivity index (χ1) is 15.5. The molecule has 4 rings (SSSR count). The van der Waals surface area contributed by atoms with Gasteiger partial charge in [0.1, 0.15) is 0 Å². The number of hydrogen-bond acceptors (Lipinski definition) is 4. The van der Waals surface area contributed by atoms with Gasteiger partial charge in [0.05, 0.1) is 22.3 Å². The largest absolute Gasteiger partial charge is 0.325 e. The van der Waals surface area contributed by atoms with E-state index < -0.39 is 0 Å². The highest BCUT2D eigenvalue weighted by molar-refractivity contribution is 7.99. The first-order valence-electron chi connectivity index (χ1n) is 10.3. The maximum absolute atomic E-state index is 13.3. The number of thioether (sulfide) groups is 1. The monoisotopic (exact) mass is 463 g/mol. The highest BCUT2D eigenvalue weighted by Gasteiger charge is 2.16. The van der Waals surface area contributed by atoms with E-state index in [-0.39, 0.29) is 17.2 Å². The fraction of sp³-hybridized carbons (Fsp3) is 0.160. The van der Waals surface area contributed by atoms with Crippen molar-refractivity contribution in [1.29, 1.82) is 0 Å². The molecule has 1 amide bonds. The molecule has 1 heterocycles. The first-order valence-corrected chi connectivity index (χ1v) is 11.6. The van der Waals surface area contributed by atoms with Crippen LogP contribution >= 0.6 is 23.4 Å². The molecule has 1 aromatic heterocycles. The maximum atomic E-state index is 13.3. The summed E-state index contributed by atoms with van der Waals surface area (Å²) in [5.41, 5.74) is 4.01. The molecular weight excluding hydrogens is 442 g/mol. The number of hydrogen-bond donors (Lipinski definition) is 1. The SMILES string of the molecule is CCc1cccc(C)c1NC(=O)CSc1nc2ccccc2c(=O)n1-c1ccc(Cl)cc1. The van der Waals surface area contributed by atoms with Crippen LogP contribution in [0.5, 0.6) is 0 Å². The summed E-state index contributed by atoms with van der Waals surface area (Å²) in [5, 5.41) is 4.57. The van der Waals surface area contributed by atoms with Crippen molar-refractivity contribution in [3.05, 3.63) is 93.2 Å². The summed E-state index contributed by atoms with van der Waals surface area (Å²) in [7, 11) is 0. The molecule has 0 aliphatic rings. The number of fused-ring (bicyclic) bond motifs is 1. The van der Waals surface area contributed by atoms with Crippen LogP contribution in [0.1, 0.15) is 18.1 Å². The van der Waals surface area contributed by atoms with E-state index in [1.54, 1.807) is 36.4 Å². The summed E-state index contributed by atoms with van der Waals surface area (Å²) in [5.74, 6) is -0.0281. The fourth-order valence-electron chi connectivity index (χ4n) is 3.53. The van der Waals surface area contributed by atoms with E-state index in [9.17, 15) is 9.59 Å². The Labute approximate surface area is 195 Å². The van der Waals surface area contributed by atoms with Gasteiger partial charge in [-0.25, -0.2) is 4.98 Å². The van der Waals surface area contributed by atoms with Crippen molar-refractivity contribution in [3.63, 3.8) is 0 Å². The van der Waals surface area contributed by atoms with Gasteiger partial charge in [-0.15, -0.1) is 0 Å². The van der Waals surface area contributed by atoms with E-state index in [1.807, 2.05) is 37.3 Å². The lowest BCUT2D eigenvalue weighted by Gasteiger charge is -2.15. The van der Waals surface area contributed by atoms with E-state index in [0.29, 0.717) is 26.8 Å². The number of carbonyl (C=O) groups excluding carboxylic acids is 1. The third-order valence-electron chi connectivity index (χ3n) is 5.17. The summed E-state index contributed by atoms with van der Waals surface area (Å²) in [6.45, 7) is 4.04. The summed E-state index contributed by atoms with van der Waals surface area (Å²) in [4.78, 5) is 30.7. The lowest BCUT2D eigenvalue weighted by molar-refractivity contribution is -0.113. The van der Waals surface area contributed by atoms with Crippen LogP contribution in [0.2, 0.25) is 5.02 Å². The second kappa shape index (κ2) is 9.59. The average Bonchev–Trinajstić information content (AvgIpc) is 2.80. The maximum Gasteiger partial charge on any atom is 0.266 e. The highest BCUT2D eigenvalue weighted by atomic mass is 35.5. The Morgan fingerprint density at radius 1 is 1.06 bits per heavy atom. The molecule has 0 aliphatic heterocycles. The molecule has 162 valence electrons. The number of aryl methyl sites for hydroxylation is 2. The number of amides is 1. The number of para-hydroxylation sites is 2. The normalized spacial score (nSPS) is 11.0. The number of halogens is 1. The van der Waals surface area contributed by atoms with Crippen LogP contribution in [0, 0.1) is 6.92 Å². The number of aromatic nitrogens is 2. The van der Waals surface area contributed by atoms with Crippen molar-refractivity contribution in [1.82, 2.24) is 9.55 Å². The standard InChI is InChI=1S/C25H22ClN3O2S/c1-3-17-8-6-7-16(2)23(17)28-22(30)15-32-25-27-21-10-5-4-9-20(21)24(31)29(25)19-13-11-18(26)12-14-19/h4-14H,3,15H2,1-2H3,(H,28,30). The van der Waals surface area contributed by atoms with Gasteiger partial charge in [0.15, 0.2) is 5.16 Å². The number of rotatable bonds is 6. The molecule has 5 nitrogen and oxygen atoms in total. The average molecular weight is 464 g/mol. The predicted octanol–water partition coefficient (Wildman–Crippen LogP) is 5.64. The molecule has 0 fully saturated rings. The first kappa shape index (κ1) is 22.1. The van der Waals surface area contributed by atoms with Gasteiger partial charge in [0, 0.05) is 10.7 Å². The molecule has 4 aromatic rings. The van der Waals surface area contributed by atoms with Crippen molar-refractivity contribution in [3.8, 4) is 5.69 Å². The second-order valence-electron chi connectivity index (χ2n) is 7.33. The van der Waals surface area contributed by atoms with Crippen LogP contribution in [0.15, 0.2) is 76.7 Å². The molecule has 0 saturated heterocycles. The minimum atomic E-state index is -0.187. The molecule has 0 radical (unpaired) electrons. The van der Waals surface area contributed by atoms with Crippen molar-refractivity contribution in [2.45, 2.75) is 25.4 Å². The Morgan fingerprint density at radius 3 is 2.56 bits per heavy atom. The van der Waals surface area contributed by atoms with Crippen LogP contribution in [-0.2, 0) is 11.2 Å². The molecule has 32 heavy (non-hydrogen) atoms. The summed E-state index contributed by atoms with van der Waals surface area (Å²) >= 11 is 7.26. The van der Waals surface area contributed by atoms with Crippen LogP contribution in [-0.4, -0.2) is 21.2 Å². The Morgan fingerprint density at radius 2 is 1.81 bits per heavy atom. The molecule has 1 N–H and O–H groups in total. The third-order valence-corrected chi connectivity index (χ3v) is 6.36. The van der Waals surface area contributed by atoms with Gasteiger partial charge in [-0.1, -0.05) is 60.6 Å². The summed E-state index contributed by atoms with van der Waals surface area (Å²) in [6.07, 6.45) is 0.826. The zero-order valence-electron chi connectivity index (χ0n) is 17.8. The Bertz CT molecular complexity index is 1350. The molecule has 0 atom stereocenters. The molecule has 3 aromatic carbocycles. The fourth-order valence-corrected chi connectivity index (χ4v) is 4.47. The van der Waals surface area contributed by atoms with E-state index in [4.69, 9.17) is 11.6 Å². The van der Waals surface area contributed by atoms with Crippen molar-refractivity contribution in [2.75, 3.05) is 11.1 Å². The smallest absolute Gasteiger partial charge is 0.266 e. The van der Waals surface area contributed by atoms with Crippen LogP contribution < -0.4 is 10.9 Å². The second-order valence-corrected chi connectivity index (χ2v) is 8.71. The van der Waals surface area contributed by atoms with Crippen molar-refractivity contribution in [2.24, 2.45) is 0 Å². The van der Waals surface area contributed by atoms with Gasteiger partial charge in [0.2, 0.25) is 5.91 Å². The minimum Gasteiger partial charge on any atom is -0.325 e. The quantitative estimate of drug-likeness (QED) is 0.297.